The van der Waals surface area contributed by atoms with E-state index in [0.717, 1.165) is 12.1 Å². The normalized spacial score (nSPS) is 16.3. The van der Waals surface area contributed by atoms with Crippen molar-refractivity contribution in [3.63, 3.8) is 0 Å². The van der Waals surface area contributed by atoms with Gasteiger partial charge in [-0.2, -0.15) is 4.80 Å². The van der Waals surface area contributed by atoms with Crippen LogP contribution in [0.25, 0.3) is 0 Å². The molecule has 1 unspecified atom stereocenters. The number of hydrogen-bond acceptors (Lipinski definition) is 4. The van der Waals surface area contributed by atoms with Gasteiger partial charge >= 0.3 is 0 Å². The lowest BCUT2D eigenvalue weighted by Gasteiger charge is -2.16. The fraction of sp³-hybridized carbons (Fsp3) is 0.500. The van der Waals surface area contributed by atoms with Crippen LogP contribution in [0.3, 0.4) is 0 Å². The molecule has 2 aromatic rings. The van der Waals surface area contributed by atoms with Gasteiger partial charge in [0.15, 0.2) is 5.82 Å². The molecule has 1 saturated carbocycles. The summed E-state index contributed by atoms with van der Waals surface area (Å²) in [5, 5.41) is 15.6. The van der Waals surface area contributed by atoms with Gasteiger partial charge in [-0.3, -0.25) is 0 Å². The van der Waals surface area contributed by atoms with Crippen molar-refractivity contribution in [1.82, 2.24) is 25.5 Å². The highest BCUT2D eigenvalue weighted by Crippen LogP contribution is 2.23. The van der Waals surface area contributed by atoms with Crippen LogP contribution in [0.4, 0.5) is 4.39 Å². The summed E-state index contributed by atoms with van der Waals surface area (Å²) in [4.78, 5) is 1.45. The molecule has 20 heavy (non-hydrogen) atoms. The second kappa shape index (κ2) is 5.66. The van der Waals surface area contributed by atoms with Crippen molar-refractivity contribution in [3.8, 4) is 0 Å². The van der Waals surface area contributed by atoms with Gasteiger partial charge in [-0.25, -0.2) is 4.39 Å². The summed E-state index contributed by atoms with van der Waals surface area (Å²) in [5.74, 6) is 0.654. The van der Waals surface area contributed by atoms with E-state index in [9.17, 15) is 4.39 Å². The number of aryl methyl sites for hydroxylation is 1. The first kappa shape index (κ1) is 13.2. The minimum absolute atomic E-state index is 0.162. The molecule has 1 aromatic heterocycles. The van der Waals surface area contributed by atoms with Crippen molar-refractivity contribution < 1.29 is 4.39 Å². The van der Waals surface area contributed by atoms with Crippen LogP contribution >= 0.6 is 0 Å². The molecular formula is C14H18FN5. The van der Waals surface area contributed by atoms with Crippen LogP contribution in [-0.2, 0) is 13.5 Å². The number of halogens is 1. The van der Waals surface area contributed by atoms with Crippen molar-refractivity contribution in [2.24, 2.45) is 7.05 Å². The summed E-state index contributed by atoms with van der Waals surface area (Å²) < 4.78 is 13.4. The van der Waals surface area contributed by atoms with Gasteiger partial charge in [0.2, 0.25) is 0 Å². The van der Waals surface area contributed by atoms with Gasteiger partial charge in [0.1, 0.15) is 5.82 Å². The van der Waals surface area contributed by atoms with Crippen molar-refractivity contribution in [3.05, 3.63) is 41.5 Å². The highest BCUT2D eigenvalue weighted by Gasteiger charge is 2.23. The summed E-state index contributed by atoms with van der Waals surface area (Å²) >= 11 is 0. The van der Waals surface area contributed by atoms with E-state index in [-0.39, 0.29) is 11.7 Å². The third-order valence-electron chi connectivity index (χ3n) is 3.53. The van der Waals surface area contributed by atoms with Crippen LogP contribution < -0.4 is 5.32 Å². The molecule has 6 heteroatoms. The summed E-state index contributed by atoms with van der Waals surface area (Å²) in [5.41, 5.74) is 0.977. The quantitative estimate of drug-likeness (QED) is 0.866. The Balaban J connectivity index is 1.74. The number of tetrazole rings is 1. The smallest absolute Gasteiger partial charge is 0.175 e. The van der Waals surface area contributed by atoms with Crippen LogP contribution in [0.5, 0.6) is 0 Å². The predicted octanol–water partition coefficient (Wildman–Crippen LogP) is 1.43. The molecule has 0 aliphatic heterocycles. The van der Waals surface area contributed by atoms with Gasteiger partial charge in [-0.15, -0.1) is 10.2 Å². The Hall–Kier alpha value is -1.82. The molecule has 1 aliphatic rings. The van der Waals surface area contributed by atoms with Gasteiger partial charge < -0.3 is 5.32 Å². The first-order valence-corrected chi connectivity index (χ1v) is 6.92. The Labute approximate surface area is 117 Å². The molecule has 1 aromatic carbocycles. The Bertz CT molecular complexity index is 578. The zero-order valence-corrected chi connectivity index (χ0v) is 11.5. The maximum Gasteiger partial charge on any atom is 0.175 e. The number of hydrogen-bond donors (Lipinski definition) is 1. The fourth-order valence-corrected chi connectivity index (χ4v) is 2.29. The van der Waals surface area contributed by atoms with Crippen molar-refractivity contribution in [2.45, 2.75) is 31.2 Å². The van der Waals surface area contributed by atoms with E-state index < -0.39 is 0 Å². The molecule has 106 valence electrons. The summed E-state index contributed by atoms with van der Waals surface area (Å²) in [7, 11) is 1.75. The number of aromatic nitrogens is 4. The Morgan fingerprint density at radius 1 is 1.45 bits per heavy atom. The van der Waals surface area contributed by atoms with Gasteiger partial charge in [0, 0.05) is 24.9 Å². The number of rotatable bonds is 6. The first-order valence-electron chi connectivity index (χ1n) is 6.92. The summed E-state index contributed by atoms with van der Waals surface area (Å²) in [6.07, 6.45) is 3.13. The highest BCUT2D eigenvalue weighted by molar-refractivity contribution is 5.22. The molecule has 0 amide bonds. The fourth-order valence-electron chi connectivity index (χ4n) is 2.29. The van der Waals surface area contributed by atoms with Crippen LogP contribution in [0.15, 0.2) is 24.3 Å². The van der Waals surface area contributed by atoms with Crippen molar-refractivity contribution >= 4 is 0 Å². The van der Waals surface area contributed by atoms with Gasteiger partial charge in [0.25, 0.3) is 0 Å². The highest BCUT2D eigenvalue weighted by atomic mass is 19.1. The average Bonchev–Trinajstić information content (AvgIpc) is 3.17. The predicted molar refractivity (Wildman–Crippen MR) is 72.7 cm³/mol. The van der Waals surface area contributed by atoms with Gasteiger partial charge in [-0.05, 0) is 35.8 Å². The summed E-state index contributed by atoms with van der Waals surface area (Å²) in [6.45, 7) is 0.812. The second-order valence-electron chi connectivity index (χ2n) is 5.33. The minimum atomic E-state index is -0.203. The maximum atomic E-state index is 13.4. The number of benzene rings is 1. The molecule has 1 heterocycles. The van der Waals surface area contributed by atoms with Gasteiger partial charge in [-0.1, -0.05) is 12.1 Å². The second-order valence-corrected chi connectivity index (χ2v) is 5.33. The third kappa shape index (κ3) is 3.39. The lowest BCUT2D eigenvalue weighted by atomic mass is 9.95. The van der Waals surface area contributed by atoms with E-state index in [1.807, 2.05) is 6.07 Å². The largest absolute Gasteiger partial charge is 0.313 e. The van der Waals surface area contributed by atoms with Gasteiger partial charge in [0.05, 0.1) is 7.05 Å². The van der Waals surface area contributed by atoms with E-state index in [1.54, 1.807) is 19.2 Å². The molecule has 3 rings (SSSR count). The minimum Gasteiger partial charge on any atom is -0.313 e. The molecule has 5 nitrogen and oxygen atoms in total. The molecular weight excluding hydrogens is 257 g/mol. The van der Waals surface area contributed by atoms with E-state index in [2.05, 4.69) is 20.7 Å². The maximum absolute atomic E-state index is 13.4. The Kier molecular flexibility index (Phi) is 3.73. The zero-order valence-electron chi connectivity index (χ0n) is 11.5. The average molecular weight is 275 g/mol. The van der Waals surface area contributed by atoms with E-state index in [4.69, 9.17) is 0 Å². The van der Waals surface area contributed by atoms with Crippen molar-refractivity contribution in [1.29, 1.82) is 0 Å². The Morgan fingerprint density at radius 2 is 2.30 bits per heavy atom. The third-order valence-corrected chi connectivity index (χ3v) is 3.53. The summed E-state index contributed by atoms with van der Waals surface area (Å²) in [6, 6.07) is 7.39. The van der Waals surface area contributed by atoms with E-state index in [0.29, 0.717) is 18.3 Å². The Morgan fingerprint density at radius 3 is 2.95 bits per heavy atom. The van der Waals surface area contributed by atoms with E-state index >= 15 is 0 Å². The molecule has 0 spiro atoms. The number of nitrogens with one attached hydrogen (secondary N) is 1. The molecule has 1 atom stereocenters. The van der Waals surface area contributed by atoms with Crippen molar-refractivity contribution in [2.75, 3.05) is 6.54 Å². The zero-order chi connectivity index (χ0) is 13.9. The van der Waals surface area contributed by atoms with Crippen LogP contribution in [0.2, 0.25) is 0 Å². The molecule has 0 saturated heterocycles. The van der Waals surface area contributed by atoms with Crippen LogP contribution in [0, 0.1) is 5.82 Å². The first-order chi connectivity index (χ1) is 9.70. The number of nitrogens with zero attached hydrogens (tertiary/aromatic N) is 4. The molecule has 1 N–H and O–H groups in total. The lowest BCUT2D eigenvalue weighted by molar-refractivity contribution is 0.557. The molecule has 1 aliphatic carbocycles. The van der Waals surface area contributed by atoms with Crippen LogP contribution in [0.1, 0.15) is 30.1 Å². The van der Waals surface area contributed by atoms with E-state index in [1.165, 1.54) is 23.7 Å². The molecule has 0 bridgehead atoms. The topological polar surface area (TPSA) is 55.6 Å². The SMILES string of the molecule is Cn1nnc(CC(CNC2CC2)c2cccc(F)c2)n1. The molecule has 0 radical (unpaired) electrons. The standard InChI is InChI=1S/C14H18FN5/c1-20-18-14(17-19-20)8-11(9-16-13-5-6-13)10-3-2-4-12(15)7-10/h2-4,7,11,13,16H,5-6,8-9H2,1H3. The monoisotopic (exact) mass is 275 g/mol. The lowest BCUT2D eigenvalue weighted by Crippen LogP contribution is -2.25. The molecule has 1 fully saturated rings. The van der Waals surface area contributed by atoms with Crippen LogP contribution in [-0.4, -0.2) is 32.8 Å².